The van der Waals surface area contributed by atoms with E-state index in [1.54, 1.807) is 6.20 Å². The molecule has 1 aromatic carbocycles. The van der Waals surface area contributed by atoms with Gasteiger partial charge in [-0.2, -0.15) is 0 Å². The van der Waals surface area contributed by atoms with E-state index in [-0.39, 0.29) is 0 Å². The van der Waals surface area contributed by atoms with Crippen LogP contribution in [-0.4, -0.2) is 9.55 Å². The Bertz CT molecular complexity index is 479. The van der Waals surface area contributed by atoms with E-state index in [9.17, 15) is 0 Å². The molecule has 2 rings (SSSR count). The molecule has 0 atom stereocenters. The van der Waals surface area contributed by atoms with Gasteiger partial charge in [0.25, 0.3) is 0 Å². The second kappa shape index (κ2) is 3.70. The highest BCUT2D eigenvalue weighted by Gasteiger charge is 2.05. The van der Waals surface area contributed by atoms with Crippen molar-refractivity contribution in [2.75, 3.05) is 5.73 Å². The maximum Gasteiger partial charge on any atom is 0.204 e. The Hall–Kier alpha value is -1.29. The lowest BCUT2D eigenvalue weighted by Gasteiger charge is -2.09. The number of aromatic nitrogens is 2. The fraction of sp³-hybridized carbons (Fsp3) is 0.182. The minimum atomic E-state index is 0.510. The van der Waals surface area contributed by atoms with E-state index < -0.39 is 0 Å². The minimum Gasteiger partial charge on any atom is -0.369 e. The molecule has 0 aliphatic rings. The van der Waals surface area contributed by atoms with Crippen LogP contribution < -0.4 is 5.73 Å². The Morgan fingerprint density at radius 2 is 1.87 bits per heavy atom. The van der Waals surface area contributed by atoms with Crippen molar-refractivity contribution in [2.24, 2.45) is 0 Å². The zero-order valence-electron chi connectivity index (χ0n) is 8.66. The van der Waals surface area contributed by atoms with E-state index in [0.717, 1.165) is 10.2 Å². The van der Waals surface area contributed by atoms with E-state index in [4.69, 9.17) is 5.73 Å². The zero-order chi connectivity index (χ0) is 11.0. The monoisotopic (exact) mass is 265 g/mol. The molecular weight excluding hydrogens is 254 g/mol. The third kappa shape index (κ3) is 1.77. The van der Waals surface area contributed by atoms with Gasteiger partial charge in [-0.3, -0.25) is 4.57 Å². The molecule has 0 fully saturated rings. The van der Waals surface area contributed by atoms with Crippen molar-refractivity contribution >= 4 is 21.9 Å². The Labute approximate surface area is 97.1 Å². The second-order valence-corrected chi connectivity index (χ2v) is 4.34. The van der Waals surface area contributed by atoms with Gasteiger partial charge in [0.05, 0.1) is 0 Å². The first kappa shape index (κ1) is 10.2. The number of hydrogen-bond donors (Lipinski definition) is 1. The van der Waals surface area contributed by atoms with Crippen molar-refractivity contribution in [3.05, 3.63) is 40.1 Å². The van der Waals surface area contributed by atoms with Gasteiger partial charge in [0.2, 0.25) is 5.95 Å². The molecule has 2 aromatic rings. The molecular formula is C11H12BrN3. The highest BCUT2D eigenvalue weighted by atomic mass is 79.9. The lowest BCUT2D eigenvalue weighted by atomic mass is 10.1. The van der Waals surface area contributed by atoms with Crippen LogP contribution in [0.3, 0.4) is 0 Å². The maximum atomic E-state index is 5.75. The summed E-state index contributed by atoms with van der Waals surface area (Å²) < 4.78 is 3.01. The van der Waals surface area contributed by atoms with E-state index in [1.807, 2.05) is 10.8 Å². The Kier molecular flexibility index (Phi) is 2.52. The van der Waals surface area contributed by atoms with Gasteiger partial charge in [-0.25, -0.2) is 4.98 Å². The summed E-state index contributed by atoms with van der Waals surface area (Å²) in [7, 11) is 0. The van der Waals surface area contributed by atoms with E-state index in [2.05, 4.69) is 46.9 Å². The van der Waals surface area contributed by atoms with Crippen molar-refractivity contribution < 1.29 is 0 Å². The summed E-state index contributed by atoms with van der Waals surface area (Å²) in [4.78, 5) is 4.00. The first-order chi connectivity index (χ1) is 7.09. The number of benzene rings is 1. The van der Waals surface area contributed by atoms with Gasteiger partial charge < -0.3 is 5.73 Å². The summed E-state index contributed by atoms with van der Waals surface area (Å²) in [6.07, 6.45) is 3.56. The first-order valence-electron chi connectivity index (χ1n) is 4.65. The van der Waals surface area contributed by atoms with Gasteiger partial charge in [-0.15, -0.1) is 0 Å². The predicted octanol–water partition coefficient (Wildman–Crippen LogP) is 2.83. The highest BCUT2D eigenvalue weighted by Crippen LogP contribution is 2.25. The summed E-state index contributed by atoms with van der Waals surface area (Å²) in [6.45, 7) is 4.13. The summed E-state index contributed by atoms with van der Waals surface area (Å²) in [5.74, 6) is 0.510. The molecule has 0 unspecified atom stereocenters. The number of halogens is 1. The molecule has 15 heavy (non-hydrogen) atoms. The largest absolute Gasteiger partial charge is 0.369 e. The molecule has 4 heteroatoms. The second-order valence-electron chi connectivity index (χ2n) is 3.55. The van der Waals surface area contributed by atoms with Crippen LogP contribution in [0.4, 0.5) is 5.95 Å². The molecule has 0 radical (unpaired) electrons. The number of anilines is 1. The van der Waals surface area contributed by atoms with Crippen LogP contribution in [0.1, 0.15) is 11.1 Å². The number of nitrogens with zero attached hydrogens (tertiary/aromatic N) is 2. The van der Waals surface area contributed by atoms with Crippen molar-refractivity contribution in [2.45, 2.75) is 13.8 Å². The standard InChI is InChI=1S/C11H12BrN3/c1-7-5-9(6-8(2)10(7)12)15-4-3-14-11(15)13/h3-6H,1-2H3,(H2,13,14). The number of aryl methyl sites for hydroxylation is 2. The van der Waals surface area contributed by atoms with Crippen LogP contribution in [-0.2, 0) is 0 Å². The molecule has 78 valence electrons. The Morgan fingerprint density at radius 1 is 1.27 bits per heavy atom. The van der Waals surface area contributed by atoms with Crippen molar-refractivity contribution in [3.8, 4) is 5.69 Å². The zero-order valence-corrected chi connectivity index (χ0v) is 10.2. The molecule has 3 nitrogen and oxygen atoms in total. The van der Waals surface area contributed by atoms with Crippen LogP contribution in [0.5, 0.6) is 0 Å². The normalized spacial score (nSPS) is 10.6. The minimum absolute atomic E-state index is 0.510. The highest BCUT2D eigenvalue weighted by molar-refractivity contribution is 9.10. The van der Waals surface area contributed by atoms with Crippen LogP contribution in [0, 0.1) is 13.8 Å². The molecule has 0 saturated heterocycles. The summed E-state index contributed by atoms with van der Waals surface area (Å²) in [5.41, 5.74) is 9.18. The third-order valence-corrected chi connectivity index (χ3v) is 3.62. The van der Waals surface area contributed by atoms with E-state index in [0.29, 0.717) is 5.95 Å². The number of nitrogens with two attached hydrogens (primary N) is 1. The lowest BCUT2D eigenvalue weighted by Crippen LogP contribution is -2.00. The number of rotatable bonds is 1. The summed E-state index contributed by atoms with van der Waals surface area (Å²) >= 11 is 3.54. The topological polar surface area (TPSA) is 43.8 Å². The molecule has 0 aliphatic carbocycles. The SMILES string of the molecule is Cc1cc(-n2ccnc2N)cc(C)c1Br. The third-order valence-electron chi connectivity index (χ3n) is 2.37. The molecule has 0 amide bonds. The smallest absolute Gasteiger partial charge is 0.204 e. The fourth-order valence-electron chi connectivity index (χ4n) is 1.60. The van der Waals surface area contributed by atoms with Gasteiger partial charge in [0.1, 0.15) is 0 Å². The number of imidazole rings is 1. The predicted molar refractivity (Wildman–Crippen MR) is 65.2 cm³/mol. The molecule has 1 heterocycles. The van der Waals surface area contributed by atoms with Crippen LogP contribution in [0.15, 0.2) is 29.0 Å². The van der Waals surface area contributed by atoms with Crippen LogP contribution in [0.2, 0.25) is 0 Å². The van der Waals surface area contributed by atoms with Gasteiger partial charge in [-0.05, 0) is 37.1 Å². The van der Waals surface area contributed by atoms with Crippen LogP contribution >= 0.6 is 15.9 Å². The summed E-state index contributed by atoms with van der Waals surface area (Å²) in [5, 5.41) is 0. The quantitative estimate of drug-likeness (QED) is 0.862. The summed E-state index contributed by atoms with van der Waals surface area (Å²) in [6, 6.07) is 4.16. The van der Waals surface area contributed by atoms with Crippen LogP contribution in [0.25, 0.3) is 5.69 Å². The Balaban J connectivity index is 2.60. The molecule has 0 spiro atoms. The average Bonchev–Trinajstić information content (AvgIpc) is 2.60. The van der Waals surface area contributed by atoms with Gasteiger partial charge in [-0.1, -0.05) is 15.9 Å². The Morgan fingerprint density at radius 3 is 2.33 bits per heavy atom. The average molecular weight is 266 g/mol. The van der Waals surface area contributed by atoms with Crippen molar-refractivity contribution in [1.29, 1.82) is 0 Å². The molecule has 2 N–H and O–H groups in total. The fourth-order valence-corrected chi connectivity index (χ4v) is 1.82. The lowest BCUT2D eigenvalue weighted by molar-refractivity contribution is 1.06. The molecule has 0 bridgehead atoms. The van der Waals surface area contributed by atoms with Gasteiger partial charge in [0, 0.05) is 22.6 Å². The maximum absolute atomic E-state index is 5.75. The molecule has 1 aromatic heterocycles. The van der Waals surface area contributed by atoms with Crippen molar-refractivity contribution in [1.82, 2.24) is 9.55 Å². The van der Waals surface area contributed by atoms with E-state index in [1.165, 1.54) is 11.1 Å². The number of hydrogen-bond acceptors (Lipinski definition) is 2. The van der Waals surface area contributed by atoms with E-state index >= 15 is 0 Å². The first-order valence-corrected chi connectivity index (χ1v) is 5.45. The van der Waals surface area contributed by atoms with Gasteiger partial charge >= 0.3 is 0 Å². The van der Waals surface area contributed by atoms with Crippen molar-refractivity contribution in [3.63, 3.8) is 0 Å². The number of nitrogen functional groups attached to an aromatic ring is 1. The van der Waals surface area contributed by atoms with Gasteiger partial charge in [0.15, 0.2) is 0 Å². The molecule has 0 saturated carbocycles. The molecule has 0 aliphatic heterocycles.